The number of hydrazone groups is 1. The first-order chi connectivity index (χ1) is 17.1. The molecule has 0 bridgehead atoms. The minimum absolute atomic E-state index is 0.0302. The second-order valence-corrected chi connectivity index (χ2v) is 10.7. The standard InChI is InChI=1S/C26H28Cl2N4O3S/c1-4-31(5-2)22-15-11-19(12-16-22)17-29-30-26(33)21-13-9-20(10-14-21)18-32(36(3,34)35)24-8-6-7-23(27)25(24)28/h6-17H,4-5,18H2,1-3H3,(H,30,33)/b29-17-. The zero-order valence-electron chi connectivity index (χ0n) is 20.3. The predicted molar refractivity (Wildman–Crippen MR) is 149 cm³/mol. The first-order valence-corrected chi connectivity index (χ1v) is 13.9. The SMILES string of the molecule is CCN(CC)c1ccc(/C=N\NC(=O)c2ccc(CN(c3cccc(Cl)c3Cl)S(C)(=O)=O)cc2)cc1. The van der Waals surface area contributed by atoms with Gasteiger partial charge in [-0.05, 0) is 61.4 Å². The predicted octanol–water partition coefficient (Wildman–Crippen LogP) is 5.57. The Kier molecular flexibility index (Phi) is 9.37. The van der Waals surface area contributed by atoms with Gasteiger partial charge in [-0.15, -0.1) is 0 Å². The van der Waals surface area contributed by atoms with Crippen LogP contribution in [0.5, 0.6) is 0 Å². The minimum atomic E-state index is -3.64. The van der Waals surface area contributed by atoms with E-state index in [1.807, 2.05) is 24.3 Å². The number of carbonyl (C=O) groups is 1. The summed E-state index contributed by atoms with van der Waals surface area (Å²) in [6.45, 7) is 6.11. The summed E-state index contributed by atoms with van der Waals surface area (Å²) in [5.41, 5.74) is 5.85. The summed E-state index contributed by atoms with van der Waals surface area (Å²) in [7, 11) is -3.64. The van der Waals surface area contributed by atoms with E-state index in [-0.39, 0.29) is 28.2 Å². The van der Waals surface area contributed by atoms with E-state index in [0.717, 1.165) is 30.6 Å². The number of nitrogens with one attached hydrogen (secondary N) is 1. The van der Waals surface area contributed by atoms with Crippen molar-refractivity contribution >= 4 is 56.7 Å². The molecule has 0 radical (unpaired) electrons. The maximum atomic E-state index is 12.5. The van der Waals surface area contributed by atoms with Crippen LogP contribution in [0.1, 0.15) is 35.3 Å². The van der Waals surface area contributed by atoms with Crippen LogP contribution in [0.25, 0.3) is 0 Å². The highest BCUT2D eigenvalue weighted by Gasteiger charge is 2.21. The summed E-state index contributed by atoms with van der Waals surface area (Å²) in [5, 5.41) is 4.45. The van der Waals surface area contributed by atoms with Gasteiger partial charge in [-0.1, -0.05) is 53.5 Å². The lowest BCUT2D eigenvalue weighted by molar-refractivity contribution is 0.0955. The maximum absolute atomic E-state index is 12.5. The molecule has 190 valence electrons. The molecule has 0 aliphatic heterocycles. The number of benzene rings is 3. The van der Waals surface area contributed by atoms with Gasteiger partial charge in [-0.2, -0.15) is 5.10 Å². The number of anilines is 2. The number of sulfonamides is 1. The van der Waals surface area contributed by atoms with Crippen LogP contribution in [0.3, 0.4) is 0 Å². The van der Waals surface area contributed by atoms with Crippen LogP contribution in [0.15, 0.2) is 71.8 Å². The van der Waals surface area contributed by atoms with Gasteiger partial charge in [0.15, 0.2) is 0 Å². The molecule has 0 unspecified atom stereocenters. The summed E-state index contributed by atoms with van der Waals surface area (Å²) < 4.78 is 26.0. The van der Waals surface area contributed by atoms with Crippen LogP contribution in [0.4, 0.5) is 11.4 Å². The second-order valence-electron chi connectivity index (χ2n) is 8.00. The van der Waals surface area contributed by atoms with Crippen LogP contribution in [0, 0.1) is 0 Å². The third-order valence-corrected chi connectivity index (χ3v) is 7.48. The lowest BCUT2D eigenvalue weighted by atomic mass is 10.1. The zero-order chi connectivity index (χ0) is 26.3. The molecule has 0 spiro atoms. The van der Waals surface area contributed by atoms with E-state index in [4.69, 9.17) is 23.2 Å². The average Bonchev–Trinajstić information content (AvgIpc) is 2.86. The third-order valence-electron chi connectivity index (χ3n) is 5.54. The fourth-order valence-electron chi connectivity index (χ4n) is 3.58. The van der Waals surface area contributed by atoms with Crippen molar-refractivity contribution in [1.29, 1.82) is 0 Å². The number of hydrogen-bond donors (Lipinski definition) is 1. The molecule has 0 aliphatic carbocycles. The summed E-state index contributed by atoms with van der Waals surface area (Å²) in [6, 6.07) is 19.3. The van der Waals surface area contributed by atoms with E-state index >= 15 is 0 Å². The Morgan fingerprint density at radius 2 is 1.61 bits per heavy atom. The molecule has 3 aromatic rings. The monoisotopic (exact) mass is 546 g/mol. The smallest absolute Gasteiger partial charge is 0.271 e. The van der Waals surface area contributed by atoms with Crippen molar-refractivity contribution in [2.24, 2.45) is 5.10 Å². The molecule has 10 heteroatoms. The van der Waals surface area contributed by atoms with E-state index in [1.54, 1.807) is 48.7 Å². The van der Waals surface area contributed by atoms with E-state index < -0.39 is 10.0 Å². The highest BCUT2D eigenvalue weighted by atomic mass is 35.5. The number of nitrogens with zero attached hydrogens (tertiary/aromatic N) is 3. The number of carbonyl (C=O) groups excluding carboxylic acids is 1. The quantitative estimate of drug-likeness (QED) is 0.266. The molecule has 0 aromatic heterocycles. The number of hydrogen-bond acceptors (Lipinski definition) is 5. The Morgan fingerprint density at radius 1 is 0.972 bits per heavy atom. The van der Waals surface area contributed by atoms with E-state index in [1.165, 1.54) is 4.31 Å². The first kappa shape index (κ1) is 27.5. The number of halogens is 2. The largest absolute Gasteiger partial charge is 0.372 e. The lowest BCUT2D eigenvalue weighted by Crippen LogP contribution is -2.29. The minimum Gasteiger partial charge on any atom is -0.372 e. The number of rotatable bonds is 10. The molecule has 0 atom stereocenters. The maximum Gasteiger partial charge on any atom is 0.271 e. The van der Waals surface area contributed by atoms with Crippen molar-refractivity contribution < 1.29 is 13.2 Å². The highest BCUT2D eigenvalue weighted by Crippen LogP contribution is 2.34. The van der Waals surface area contributed by atoms with Crippen LogP contribution in [-0.2, 0) is 16.6 Å². The first-order valence-electron chi connectivity index (χ1n) is 11.3. The summed E-state index contributed by atoms with van der Waals surface area (Å²) in [6.07, 6.45) is 2.68. The summed E-state index contributed by atoms with van der Waals surface area (Å²) >= 11 is 12.3. The summed E-state index contributed by atoms with van der Waals surface area (Å²) in [5.74, 6) is -0.379. The zero-order valence-corrected chi connectivity index (χ0v) is 22.6. The number of amides is 1. The fraction of sp³-hybridized carbons (Fsp3) is 0.231. The Balaban J connectivity index is 1.66. The molecule has 1 amide bonds. The van der Waals surface area contributed by atoms with Crippen LogP contribution in [0.2, 0.25) is 10.0 Å². The van der Waals surface area contributed by atoms with Crippen molar-refractivity contribution in [2.45, 2.75) is 20.4 Å². The van der Waals surface area contributed by atoms with Gasteiger partial charge in [0.2, 0.25) is 10.0 Å². The fourth-order valence-corrected chi connectivity index (χ4v) is 4.92. The Labute approximate surface area is 222 Å². The van der Waals surface area contributed by atoms with Gasteiger partial charge in [0, 0.05) is 24.3 Å². The normalized spacial score (nSPS) is 11.5. The molecule has 0 heterocycles. The van der Waals surface area contributed by atoms with Crippen molar-refractivity contribution in [2.75, 3.05) is 28.6 Å². The van der Waals surface area contributed by atoms with Crippen molar-refractivity contribution in [3.63, 3.8) is 0 Å². The molecular formula is C26H28Cl2N4O3S. The van der Waals surface area contributed by atoms with Gasteiger partial charge in [0.1, 0.15) is 0 Å². The van der Waals surface area contributed by atoms with Crippen LogP contribution >= 0.6 is 23.2 Å². The molecule has 0 saturated carbocycles. The third kappa shape index (κ3) is 7.00. The Hall–Kier alpha value is -3.07. The van der Waals surface area contributed by atoms with Crippen molar-refractivity contribution in [1.82, 2.24) is 5.43 Å². The Morgan fingerprint density at radius 3 is 2.19 bits per heavy atom. The Bertz CT molecular complexity index is 1320. The highest BCUT2D eigenvalue weighted by molar-refractivity contribution is 7.92. The van der Waals surface area contributed by atoms with Gasteiger partial charge >= 0.3 is 0 Å². The van der Waals surface area contributed by atoms with Crippen LogP contribution in [-0.4, -0.2) is 39.9 Å². The summed E-state index contributed by atoms with van der Waals surface area (Å²) in [4.78, 5) is 14.7. The average molecular weight is 548 g/mol. The van der Waals surface area contributed by atoms with Gasteiger partial charge in [-0.25, -0.2) is 13.8 Å². The topological polar surface area (TPSA) is 82.1 Å². The van der Waals surface area contributed by atoms with E-state index in [2.05, 4.69) is 29.3 Å². The molecule has 7 nitrogen and oxygen atoms in total. The van der Waals surface area contributed by atoms with Crippen molar-refractivity contribution in [3.8, 4) is 0 Å². The van der Waals surface area contributed by atoms with E-state index in [0.29, 0.717) is 11.1 Å². The van der Waals surface area contributed by atoms with E-state index in [9.17, 15) is 13.2 Å². The van der Waals surface area contributed by atoms with Gasteiger partial charge in [0.25, 0.3) is 5.91 Å². The van der Waals surface area contributed by atoms with Gasteiger partial charge in [0.05, 0.1) is 34.7 Å². The molecule has 0 aliphatic rings. The van der Waals surface area contributed by atoms with Gasteiger partial charge < -0.3 is 4.90 Å². The molecule has 3 aromatic carbocycles. The van der Waals surface area contributed by atoms with Crippen LogP contribution < -0.4 is 14.6 Å². The second kappa shape index (κ2) is 12.3. The van der Waals surface area contributed by atoms with Gasteiger partial charge in [-0.3, -0.25) is 9.10 Å². The molecule has 0 saturated heterocycles. The molecular weight excluding hydrogens is 519 g/mol. The molecule has 36 heavy (non-hydrogen) atoms. The molecule has 1 N–H and O–H groups in total. The molecule has 3 rings (SSSR count). The van der Waals surface area contributed by atoms with Crippen molar-refractivity contribution in [3.05, 3.63) is 93.5 Å². The molecule has 0 fully saturated rings. The lowest BCUT2D eigenvalue weighted by Gasteiger charge is -2.24.